The first kappa shape index (κ1) is 23.2. The monoisotopic (exact) mass is 440 g/mol. The number of carbonyl (C=O) groups excluding carboxylic acids is 2. The van der Waals surface area contributed by atoms with Crippen LogP contribution in [0.1, 0.15) is 24.5 Å². The molecule has 0 unspecified atom stereocenters. The molecule has 0 aliphatic carbocycles. The number of likely N-dealkylation sites (N-methyl/N-ethyl adjacent to an activating group) is 1. The SMILES string of the molecule is CC[C@@H](C(=O)NC)N(Cc1ccc(F)cc1)C(=O)CSCc1c(F)cccc1Cl. The quantitative estimate of drug-likeness (QED) is 0.628. The molecule has 8 heteroatoms. The molecule has 2 amide bonds. The highest BCUT2D eigenvalue weighted by Gasteiger charge is 2.28. The van der Waals surface area contributed by atoms with E-state index in [9.17, 15) is 18.4 Å². The smallest absolute Gasteiger partial charge is 0.242 e. The number of nitrogens with zero attached hydrogens (tertiary/aromatic N) is 1. The zero-order valence-electron chi connectivity index (χ0n) is 16.3. The van der Waals surface area contributed by atoms with Gasteiger partial charge in [0.05, 0.1) is 5.75 Å². The molecule has 0 saturated carbocycles. The summed E-state index contributed by atoms with van der Waals surface area (Å²) in [6, 6.07) is 9.58. The van der Waals surface area contributed by atoms with Crippen molar-refractivity contribution in [2.45, 2.75) is 31.7 Å². The van der Waals surface area contributed by atoms with E-state index in [4.69, 9.17) is 11.6 Å². The van der Waals surface area contributed by atoms with E-state index in [1.54, 1.807) is 18.2 Å². The maximum Gasteiger partial charge on any atom is 0.242 e. The summed E-state index contributed by atoms with van der Waals surface area (Å²) in [6.45, 7) is 1.99. The van der Waals surface area contributed by atoms with Crippen LogP contribution < -0.4 is 5.32 Å². The van der Waals surface area contributed by atoms with Gasteiger partial charge >= 0.3 is 0 Å². The van der Waals surface area contributed by atoms with Crippen molar-refractivity contribution in [2.24, 2.45) is 0 Å². The van der Waals surface area contributed by atoms with Gasteiger partial charge < -0.3 is 10.2 Å². The third-order valence-electron chi connectivity index (χ3n) is 4.43. The van der Waals surface area contributed by atoms with Crippen LogP contribution in [-0.4, -0.2) is 35.6 Å². The van der Waals surface area contributed by atoms with Gasteiger partial charge in [-0.1, -0.05) is 36.7 Å². The molecule has 0 radical (unpaired) electrons. The maximum absolute atomic E-state index is 13.9. The van der Waals surface area contributed by atoms with E-state index in [1.807, 2.05) is 6.92 Å². The summed E-state index contributed by atoms with van der Waals surface area (Å²) in [7, 11) is 1.51. The first-order valence-corrected chi connectivity index (χ1v) is 10.7. The van der Waals surface area contributed by atoms with Crippen LogP contribution in [0.15, 0.2) is 42.5 Å². The van der Waals surface area contributed by atoms with E-state index in [0.717, 1.165) is 0 Å². The molecule has 0 spiro atoms. The van der Waals surface area contributed by atoms with Crippen molar-refractivity contribution in [3.8, 4) is 0 Å². The number of amides is 2. The number of benzene rings is 2. The van der Waals surface area contributed by atoms with Crippen LogP contribution in [0.4, 0.5) is 8.78 Å². The molecule has 29 heavy (non-hydrogen) atoms. The lowest BCUT2D eigenvalue weighted by atomic mass is 10.1. The van der Waals surface area contributed by atoms with Crippen LogP contribution in [0.25, 0.3) is 0 Å². The average molecular weight is 441 g/mol. The molecule has 2 aromatic rings. The van der Waals surface area contributed by atoms with Crippen LogP contribution in [0.2, 0.25) is 5.02 Å². The molecule has 0 aliphatic heterocycles. The van der Waals surface area contributed by atoms with Crippen molar-refractivity contribution in [1.29, 1.82) is 0 Å². The largest absolute Gasteiger partial charge is 0.357 e. The molecule has 1 N–H and O–H groups in total. The number of thioether (sulfide) groups is 1. The third kappa shape index (κ3) is 6.44. The Morgan fingerprint density at radius 1 is 1.17 bits per heavy atom. The van der Waals surface area contributed by atoms with Gasteiger partial charge in [-0.2, -0.15) is 0 Å². The Morgan fingerprint density at radius 3 is 2.45 bits per heavy atom. The van der Waals surface area contributed by atoms with E-state index in [-0.39, 0.29) is 35.7 Å². The molecule has 0 fully saturated rings. The first-order valence-electron chi connectivity index (χ1n) is 9.13. The minimum absolute atomic E-state index is 0.0549. The molecule has 0 aromatic heterocycles. The minimum Gasteiger partial charge on any atom is -0.357 e. The normalized spacial score (nSPS) is 11.8. The number of rotatable bonds is 9. The van der Waals surface area contributed by atoms with Crippen LogP contribution in [-0.2, 0) is 21.9 Å². The number of hydrogen-bond donors (Lipinski definition) is 1. The molecule has 0 saturated heterocycles. The van der Waals surface area contributed by atoms with Crippen LogP contribution >= 0.6 is 23.4 Å². The summed E-state index contributed by atoms with van der Waals surface area (Å²) in [5.41, 5.74) is 1.06. The molecule has 2 aromatic carbocycles. The van der Waals surface area contributed by atoms with Crippen LogP contribution in [0, 0.1) is 11.6 Å². The first-order chi connectivity index (χ1) is 13.9. The highest BCUT2D eigenvalue weighted by molar-refractivity contribution is 7.99. The van der Waals surface area contributed by atoms with Crippen LogP contribution in [0.5, 0.6) is 0 Å². The van der Waals surface area contributed by atoms with Gasteiger partial charge in [0.1, 0.15) is 17.7 Å². The van der Waals surface area contributed by atoms with Crippen molar-refractivity contribution in [3.05, 3.63) is 70.2 Å². The van der Waals surface area contributed by atoms with E-state index in [0.29, 0.717) is 22.6 Å². The van der Waals surface area contributed by atoms with Crippen molar-refractivity contribution in [1.82, 2.24) is 10.2 Å². The van der Waals surface area contributed by atoms with Gasteiger partial charge in [-0.15, -0.1) is 11.8 Å². The molecular formula is C21H23ClF2N2O2S. The van der Waals surface area contributed by atoms with Gasteiger partial charge in [-0.3, -0.25) is 9.59 Å². The summed E-state index contributed by atoms with van der Waals surface area (Å²) in [5, 5.41) is 2.89. The fourth-order valence-corrected chi connectivity index (χ4v) is 4.12. The van der Waals surface area contributed by atoms with E-state index < -0.39 is 11.9 Å². The van der Waals surface area contributed by atoms with Crippen molar-refractivity contribution in [3.63, 3.8) is 0 Å². The van der Waals surface area contributed by atoms with Gasteiger partial charge in [0.15, 0.2) is 0 Å². The fourth-order valence-electron chi connectivity index (χ4n) is 2.87. The molecule has 0 bridgehead atoms. The lowest BCUT2D eigenvalue weighted by Gasteiger charge is -2.30. The third-order valence-corrected chi connectivity index (χ3v) is 5.73. The van der Waals surface area contributed by atoms with Crippen LogP contribution in [0.3, 0.4) is 0 Å². The summed E-state index contributed by atoms with van der Waals surface area (Å²) in [6.07, 6.45) is 0.427. The van der Waals surface area contributed by atoms with Crippen molar-refractivity contribution in [2.75, 3.05) is 12.8 Å². The zero-order valence-corrected chi connectivity index (χ0v) is 17.8. The second-order valence-corrected chi connectivity index (χ2v) is 7.77. The van der Waals surface area contributed by atoms with Gasteiger partial charge in [0.25, 0.3) is 0 Å². The second-order valence-electron chi connectivity index (χ2n) is 6.38. The van der Waals surface area contributed by atoms with Crippen molar-refractivity contribution >= 4 is 35.2 Å². The Hall–Kier alpha value is -2.12. The maximum atomic E-state index is 13.9. The number of hydrogen-bond acceptors (Lipinski definition) is 3. The standard InChI is InChI=1S/C21H23ClF2N2O2S/c1-3-19(21(28)25-2)26(11-14-7-9-15(23)10-8-14)20(27)13-29-12-16-17(22)5-4-6-18(16)24/h4-10,19H,3,11-13H2,1-2H3,(H,25,28)/t19-/m0/s1. The lowest BCUT2D eigenvalue weighted by Crippen LogP contribution is -2.48. The van der Waals surface area contributed by atoms with E-state index in [2.05, 4.69) is 5.32 Å². The molecule has 156 valence electrons. The topological polar surface area (TPSA) is 49.4 Å². The average Bonchev–Trinajstić information content (AvgIpc) is 2.71. The Bertz CT molecular complexity index is 829. The van der Waals surface area contributed by atoms with Gasteiger partial charge in [0.2, 0.25) is 11.8 Å². The fraction of sp³-hybridized carbons (Fsp3) is 0.333. The molecular weight excluding hydrogens is 418 g/mol. The highest BCUT2D eigenvalue weighted by Crippen LogP contribution is 2.24. The Balaban J connectivity index is 2.12. The summed E-state index contributed by atoms with van der Waals surface area (Å²) >= 11 is 7.25. The van der Waals surface area contributed by atoms with Crippen molar-refractivity contribution < 1.29 is 18.4 Å². The molecule has 0 heterocycles. The van der Waals surface area contributed by atoms with Gasteiger partial charge in [-0.05, 0) is 36.2 Å². The zero-order chi connectivity index (χ0) is 21.4. The Labute approximate surface area is 178 Å². The second kappa shape index (κ2) is 11.2. The summed E-state index contributed by atoms with van der Waals surface area (Å²) in [4.78, 5) is 26.7. The number of carbonyl (C=O) groups is 2. The van der Waals surface area contributed by atoms with Gasteiger partial charge in [0, 0.05) is 29.9 Å². The minimum atomic E-state index is -0.657. The van der Waals surface area contributed by atoms with E-state index >= 15 is 0 Å². The van der Waals surface area contributed by atoms with E-state index in [1.165, 1.54) is 48.0 Å². The molecule has 2 rings (SSSR count). The predicted molar refractivity (Wildman–Crippen MR) is 113 cm³/mol. The molecule has 0 aliphatic rings. The molecule has 4 nitrogen and oxygen atoms in total. The van der Waals surface area contributed by atoms with Gasteiger partial charge in [-0.25, -0.2) is 8.78 Å². The lowest BCUT2D eigenvalue weighted by molar-refractivity contribution is -0.139. The number of halogens is 3. The Kier molecular flexibility index (Phi) is 8.92. The predicted octanol–water partition coefficient (Wildman–Crippen LogP) is 4.40. The summed E-state index contributed by atoms with van der Waals surface area (Å²) in [5.74, 6) is -1.04. The highest BCUT2D eigenvalue weighted by atomic mass is 35.5. The summed E-state index contributed by atoms with van der Waals surface area (Å²) < 4.78 is 27.1. The number of nitrogens with one attached hydrogen (secondary N) is 1. The molecule has 1 atom stereocenters. The Morgan fingerprint density at radius 2 is 1.86 bits per heavy atom.